The van der Waals surface area contributed by atoms with Crippen LogP contribution in [0.2, 0.25) is 0 Å². The third kappa shape index (κ3) is 5.95. The molecule has 1 aliphatic heterocycles. The molecule has 12 heteroatoms. The van der Waals surface area contributed by atoms with Crippen LogP contribution in [0, 0.1) is 24.4 Å². The average Bonchev–Trinajstić information content (AvgIpc) is 3.27. The largest absolute Gasteiger partial charge is 0.496 e. The number of hydrogen-bond acceptors (Lipinski definition) is 4. The van der Waals surface area contributed by atoms with E-state index in [0.717, 1.165) is 17.0 Å². The summed E-state index contributed by atoms with van der Waals surface area (Å²) >= 11 is 0. The van der Waals surface area contributed by atoms with Crippen molar-refractivity contribution in [2.24, 2.45) is 0 Å². The average molecular weight is 628 g/mol. The Kier molecular flexibility index (Phi) is 8.09. The molecule has 0 saturated carbocycles. The number of alkyl halides is 3. The maximum absolute atomic E-state index is 13.9. The lowest BCUT2D eigenvalue weighted by molar-refractivity contribution is -0.137. The highest BCUT2D eigenvalue weighted by Gasteiger charge is 2.39. The molecule has 1 amide bonds. The molecule has 4 aromatic rings. The second-order valence-electron chi connectivity index (χ2n) is 10.3. The van der Waals surface area contributed by atoms with Gasteiger partial charge in [-0.15, -0.1) is 0 Å². The summed E-state index contributed by atoms with van der Waals surface area (Å²) in [7, 11) is 1.38. The van der Waals surface area contributed by atoms with E-state index < -0.39 is 53.9 Å². The number of cyclic esters (lactones) is 1. The predicted molar refractivity (Wildman–Crippen MR) is 151 cm³/mol. The van der Waals surface area contributed by atoms with Crippen LogP contribution in [-0.4, -0.2) is 29.2 Å². The molecular weight excluding hydrogens is 604 g/mol. The lowest BCUT2D eigenvalue weighted by Crippen LogP contribution is -2.22. The summed E-state index contributed by atoms with van der Waals surface area (Å²) in [5.74, 6) is -5.58. The Morgan fingerprint density at radius 3 is 2.22 bits per heavy atom. The Hall–Kier alpha value is -5.26. The fourth-order valence-corrected chi connectivity index (χ4v) is 5.18. The normalized spacial score (nSPS) is 14.9. The van der Waals surface area contributed by atoms with Crippen molar-refractivity contribution >= 4 is 12.1 Å². The van der Waals surface area contributed by atoms with Gasteiger partial charge in [0.15, 0.2) is 23.6 Å². The molecule has 1 N–H and O–H groups in total. The highest BCUT2D eigenvalue weighted by Crippen LogP contribution is 2.42. The van der Waals surface area contributed by atoms with E-state index in [-0.39, 0.29) is 33.7 Å². The van der Waals surface area contributed by atoms with E-state index in [1.807, 2.05) is 0 Å². The third-order valence-electron chi connectivity index (χ3n) is 7.43. The van der Waals surface area contributed by atoms with Crippen molar-refractivity contribution in [2.45, 2.75) is 25.7 Å². The minimum Gasteiger partial charge on any atom is -0.496 e. The second-order valence-corrected chi connectivity index (χ2v) is 10.3. The minimum atomic E-state index is -4.74. The maximum Gasteiger partial charge on any atom is 0.416 e. The van der Waals surface area contributed by atoms with Crippen molar-refractivity contribution in [3.8, 4) is 28.0 Å². The highest BCUT2D eigenvalue weighted by molar-refractivity contribution is 5.89. The molecule has 4 aromatic carbocycles. The smallest absolute Gasteiger partial charge is 0.416 e. The number of carbonyl (C=O) groups excluding carboxylic acids is 1. The Labute approximate surface area is 252 Å². The zero-order valence-corrected chi connectivity index (χ0v) is 23.6. The number of hydrogen-bond donors (Lipinski definition) is 1. The van der Waals surface area contributed by atoms with Crippen molar-refractivity contribution in [3.05, 3.63) is 124 Å². The molecule has 0 aromatic heterocycles. The monoisotopic (exact) mass is 627 g/mol. The number of rotatable bonds is 7. The lowest BCUT2D eigenvalue weighted by Gasteiger charge is -2.21. The molecule has 0 radical (unpaired) electrons. The highest BCUT2D eigenvalue weighted by atomic mass is 19.4. The Morgan fingerprint density at radius 1 is 0.956 bits per heavy atom. The molecule has 1 fully saturated rings. The van der Waals surface area contributed by atoms with Crippen LogP contribution in [0.4, 0.5) is 31.1 Å². The number of carbonyl (C=O) groups is 2. The van der Waals surface area contributed by atoms with Gasteiger partial charge in [-0.25, -0.2) is 22.8 Å². The molecule has 232 valence electrons. The molecule has 0 bridgehead atoms. The first-order valence-corrected chi connectivity index (χ1v) is 13.2. The number of ether oxygens (including phenoxy) is 2. The fourth-order valence-electron chi connectivity index (χ4n) is 5.18. The van der Waals surface area contributed by atoms with E-state index in [1.54, 1.807) is 31.2 Å². The number of carboxylic acids is 1. The number of halogens is 6. The second kappa shape index (κ2) is 11.7. The summed E-state index contributed by atoms with van der Waals surface area (Å²) < 4.78 is 93.6. The maximum atomic E-state index is 13.9. The molecule has 1 aliphatic rings. The van der Waals surface area contributed by atoms with Gasteiger partial charge in [-0.05, 0) is 83.3 Å². The van der Waals surface area contributed by atoms with Gasteiger partial charge in [0.1, 0.15) is 5.75 Å². The van der Waals surface area contributed by atoms with Crippen LogP contribution in [0.15, 0.2) is 79.0 Å². The topological polar surface area (TPSA) is 76.1 Å². The molecule has 1 atom stereocenters. The van der Waals surface area contributed by atoms with Crippen LogP contribution in [0.25, 0.3) is 22.3 Å². The van der Waals surface area contributed by atoms with Crippen molar-refractivity contribution < 1.29 is 50.5 Å². The van der Waals surface area contributed by atoms with E-state index in [4.69, 9.17) is 9.47 Å². The van der Waals surface area contributed by atoms with Gasteiger partial charge in [-0.1, -0.05) is 24.8 Å². The Balaban J connectivity index is 1.59. The van der Waals surface area contributed by atoms with E-state index >= 15 is 0 Å². The summed E-state index contributed by atoms with van der Waals surface area (Å²) in [6.07, 6.45) is -7.21. The van der Waals surface area contributed by atoms with Crippen LogP contribution in [0.1, 0.15) is 38.7 Å². The number of aromatic carboxylic acids is 1. The van der Waals surface area contributed by atoms with Gasteiger partial charge in [-0.2, -0.15) is 13.2 Å². The predicted octanol–water partition coefficient (Wildman–Crippen LogP) is 8.68. The summed E-state index contributed by atoms with van der Waals surface area (Å²) in [5.41, 5.74) is 1.21. The lowest BCUT2D eigenvalue weighted by atomic mass is 9.91. The molecular formula is C33H23F6NO5. The Morgan fingerprint density at radius 2 is 1.62 bits per heavy atom. The first-order valence-electron chi connectivity index (χ1n) is 13.2. The van der Waals surface area contributed by atoms with Crippen LogP contribution in [0.3, 0.4) is 0 Å². The van der Waals surface area contributed by atoms with E-state index in [9.17, 15) is 41.0 Å². The van der Waals surface area contributed by atoms with Gasteiger partial charge in [0.25, 0.3) is 0 Å². The molecule has 0 aliphatic carbocycles. The van der Waals surface area contributed by atoms with Crippen molar-refractivity contribution in [1.82, 2.24) is 4.90 Å². The van der Waals surface area contributed by atoms with Crippen LogP contribution in [0.5, 0.6) is 5.75 Å². The van der Waals surface area contributed by atoms with Gasteiger partial charge in [0, 0.05) is 11.1 Å². The van der Waals surface area contributed by atoms with Crippen LogP contribution in [-0.2, 0) is 17.5 Å². The quantitative estimate of drug-likeness (QED) is 0.164. The summed E-state index contributed by atoms with van der Waals surface area (Å²) in [6, 6.07) is 13.8. The van der Waals surface area contributed by atoms with Crippen LogP contribution >= 0.6 is 0 Å². The molecule has 45 heavy (non-hydrogen) atoms. The Bertz CT molecular complexity index is 1850. The van der Waals surface area contributed by atoms with E-state index in [2.05, 4.69) is 6.58 Å². The number of amides is 1. The zero-order chi connectivity index (χ0) is 32.8. The molecule has 6 nitrogen and oxygen atoms in total. The summed E-state index contributed by atoms with van der Waals surface area (Å²) in [5, 5.41) is 9.32. The van der Waals surface area contributed by atoms with Gasteiger partial charge >= 0.3 is 18.2 Å². The summed E-state index contributed by atoms with van der Waals surface area (Å²) in [6.45, 7) is 5.00. The first kappa shape index (κ1) is 31.2. The first-order chi connectivity index (χ1) is 21.2. The number of nitrogens with zero attached hydrogens (tertiary/aromatic N) is 1. The van der Waals surface area contributed by atoms with Gasteiger partial charge < -0.3 is 14.6 Å². The van der Waals surface area contributed by atoms with Crippen molar-refractivity contribution in [1.29, 1.82) is 0 Å². The fraction of sp³-hybridized carbons (Fsp3) is 0.152. The van der Waals surface area contributed by atoms with Gasteiger partial charge in [0.05, 0.1) is 30.5 Å². The van der Waals surface area contributed by atoms with Gasteiger partial charge in [-0.3, -0.25) is 4.90 Å². The standard InChI is InChI=1S/C33H23F6NO5/c1-16-10-19(31(41)42)4-7-23(16)18-5-9-28(44-3)25(12-18)24-8-6-22(33(37,38)39)11-21(24)15-40-17(2)30(45-32(40)43)20-13-26(34)29(36)27(35)14-20/h4-14,30H,2,15H2,1,3H3,(H,41,42)/t30-/m0/s1. The number of carboxylic acid groups (broad SMARTS) is 1. The zero-order valence-electron chi connectivity index (χ0n) is 23.6. The van der Waals surface area contributed by atoms with Crippen molar-refractivity contribution in [3.63, 3.8) is 0 Å². The molecule has 5 rings (SSSR count). The molecule has 0 unspecified atom stereocenters. The van der Waals surface area contributed by atoms with E-state index in [0.29, 0.717) is 34.4 Å². The number of methoxy groups -OCH3 is 1. The van der Waals surface area contributed by atoms with Crippen LogP contribution < -0.4 is 4.74 Å². The van der Waals surface area contributed by atoms with E-state index in [1.165, 1.54) is 25.3 Å². The molecule has 0 spiro atoms. The minimum absolute atomic E-state index is 0.00781. The SMILES string of the molecule is C=C1[C@@H](c2cc(F)c(F)c(F)c2)OC(=O)N1Cc1cc(C(F)(F)F)ccc1-c1cc(-c2ccc(C(=O)O)cc2C)ccc1OC. The number of aryl methyl sites for hydroxylation is 1. The van der Waals surface area contributed by atoms with Crippen molar-refractivity contribution in [2.75, 3.05) is 7.11 Å². The van der Waals surface area contributed by atoms with Gasteiger partial charge in [0.2, 0.25) is 0 Å². The summed E-state index contributed by atoms with van der Waals surface area (Å²) in [4.78, 5) is 25.2. The third-order valence-corrected chi connectivity index (χ3v) is 7.43. The molecule has 1 saturated heterocycles. The molecule has 1 heterocycles. The number of benzene rings is 4.